The average Bonchev–Trinajstić information content (AvgIpc) is 3.31. The molecule has 0 aliphatic carbocycles. The van der Waals surface area contributed by atoms with Crippen LogP contribution in [0.2, 0.25) is 0 Å². The molecule has 0 fully saturated rings. The molecule has 0 N–H and O–H groups in total. The molecule has 0 saturated carbocycles. The molecule has 0 bridgehead atoms. The van der Waals surface area contributed by atoms with Crippen molar-refractivity contribution in [1.82, 2.24) is 0 Å². The summed E-state index contributed by atoms with van der Waals surface area (Å²) in [5, 5.41) is 5.10. The van der Waals surface area contributed by atoms with Crippen molar-refractivity contribution in [1.29, 1.82) is 0 Å². The highest BCUT2D eigenvalue weighted by Crippen LogP contribution is 2.35. The lowest BCUT2D eigenvalue weighted by Gasteiger charge is -2.11. The van der Waals surface area contributed by atoms with Gasteiger partial charge in [0.25, 0.3) is 0 Å². The van der Waals surface area contributed by atoms with Gasteiger partial charge in [0.2, 0.25) is 0 Å². The molecule has 1 heterocycles. The maximum atomic E-state index is 13.3. The van der Waals surface area contributed by atoms with Crippen molar-refractivity contribution in [2.24, 2.45) is 4.99 Å². The number of thiophene rings is 1. The molecule has 0 saturated heterocycles. The molecule has 0 unspecified atom stereocenters. The minimum absolute atomic E-state index is 0.229. The molecular formula is C25H18FNS3. The molecule has 4 rings (SSSR count). The maximum Gasteiger partial charge on any atom is 0.123 e. The SMILES string of the molecule is Fc1ccc(S/C=C(/C(=Nc2ccccc2)Sc2ccccc2)c2cccs2)cc1. The molecule has 4 aromatic rings. The molecule has 1 nitrogen and oxygen atoms in total. The normalized spacial score (nSPS) is 12.2. The number of hydrogen-bond acceptors (Lipinski definition) is 4. The highest BCUT2D eigenvalue weighted by Gasteiger charge is 2.14. The third-order valence-electron chi connectivity index (χ3n) is 4.09. The minimum atomic E-state index is -0.229. The number of nitrogens with zero attached hydrogens (tertiary/aromatic N) is 1. The van der Waals surface area contributed by atoms with E-state index < -0.39 is 0 Å². The van der Waals surface area contributed by atoms with Crippen molar-refractivity contribution in [3.8, 4) is 0 Å². The van der Waals surface area contributed by atoms with Crippen LogP contribution >= 0.6 is 34.9 Å². The predicted molar refractivity (Wildman–Crippen MR) is 130 cm³/mol. The number of para-hydroxylation sites is 1. The van der Waals surface area contributed by atoms with Crippen molar-refractivity contribution in [2.75, 3.05) is 0 Å². The number of thioether (sulfide) groups is 2. The molecule has 0 aliphatic heterocycles. The number of aliphatic imine (C=N–C) groups is 1. The van der Waals surface area contributed by atoms with Gasteiger partial charge in [0, 0.05) is 20.2 Å². The lowest BCUT2D eigenvalue weighted by Crippen LogP contribution is -1.96. The Labute approximate surface area is 188 Å². The smallest absolute Gasteiger partial charge is 0.123 e. The van der Waals surface area contributed by atoms with Gasteiger partial charge in [-0.1, -0.05) is 66.0 Å². The molecule has 5 heteroatoms. The lowest BCUT2D eigenvalue weighted by molar-refractivity contribution is 0.626. The van der Waals surface area contributed by atoms with E-state index in [-0.39, 0.29) is 5.82 Å². The van der Waals surface area contributed by atoms with E-state index in [1.54, 1.807) is 47.0 Å². The van der Waals surface area contributed by atoms with E-state index in [0.717, 1.165) is 31.0 Å². The first-order valence-electron chi connectivity index (χ1n) is 9.31. The first-order valence-corrected chi connectivity index (χ1v) is 11.9. The Morgan fingerprint density at radius 1 is 0.767 bits per heavy atom. The molecule has 0 spiro atoms. The van der Waals surface area contributed by atoms with Gasteiger partial charge in [0.1, 0.15) is 10.9 Å². The number of halogens is 1. The summed E-state index contributed by atoms with van der Waals surface area (Å²) in [5.41, 5.74) is 1.96. The third-order valence-corrected chi connectivity index (χ3v) is 6.90. The molecular weight excluding hydrogens is 429 g/mol. The summed E-state index contributed by atoms with van der Waals surface area (Å²) >= 11 is 4.89. The Hall–Kier alpha value is -2.60. The van der Waals surface area contributed by atoms with Crippen LogP contribution in [0.3, 0.4) is 0 Å². The largest absolute Gasteiger partial charge is 0.241 e. The van der Waals surface area contributed by atoms with Crippen LogP contribution in [-0.4, -0.2) is 5.04 Å². The zero-order valence-electron chi connectivity index (χ0n) is 15.9. The Morgan fingerprint density at radius 2 is 1.47 bits per heavy atom. The monoisotopic (exact) mass is 447 g/mol. The Morgan fingerprint density at radius 3 is 2.13 bits per heavy atom. The number of hydrogen-bond donors (Lipinski definition) is 0. The third kappa shape index (κ3) is 5.72. The van der Waals surface area contributed by atoms with Crippen LogP contribution < -0.4 is 0 Å². The van der Waals surface area contributed by atoms with E-state index in [4.69, 9.17) is 4.99 Å². The van der Waals surface area contributed by atoms with Gasteiger partial charge in [0.15, 0.2) is 0 Å². The van der Waals surface area contributed by atoms with Crippen molar-refractivity contribution < 1.29 is 4.39 Å². The summed E-state index contributed by atoms with van der Waals surface area (Å²) in [4.78, 5) is 8.23. The van der Waals surface area contributed by atoms with Gasteiger partial charge in [0.05, 0.1) is 5.69 Å². The second kappa shape index (κ2) is 10.4. The summed E-state index contributed by atoms with van der Waals surface area (Å²) in [6.45, 7) is 0. The fraction of sp³-hybridized carbons (Fsp3) is 0. The summed E-state index contributed by atoms with van der Waals surface area (Å²) in [6.07, 6.45) is 0. The van der Waals surface area contributed by atoms with Crippen LogP contribution in [0.4, 0.5) is 10.1 Å². The molecule has 3 aromatic carbocycles. The van der Waals surface area contributed by atoms with Crippen LogP contribution in [-0.2, 0) is 0 Å². The van der Waals surface area contributed by atoms with Crippen molar-refractivity contribution in [3.05, 3.63) is 119 Å². The second-order valence-electron chi connectivity index (χ2n) is 6.25. The van der Waals surface area contributed by atoms with Gasteiger partial charge < -0.3 is 0 Å². The fourth-order valence-corrected chi connectivity index (χ4v) is 5.33. The van der Waals surface area contributed by atoms with Gasteiger partial charge in [-0.25, -0.2) is 9.38 Å². The Kier molecular flexibility index (Phi) is 7.19. The molecule has 148 valence electrons. The fourth-order valence-electron chi connectivity index (χ4n) is 2.64. The first kappa shape index (κ1) is 20.7. The molecule has 30 heavy (non-hydrogen) atoms. The first-order chi connectivity index (χ1) is 14.8. The van der Waals surface area contributed by atoms with E-state index in [9.17, 15) is 4.39 Å². The molecule has 0 amide bonds. The molecule has 1 aromatic heterocycles. The van der Waals surface area contributed by atoms with Crippen LogP contribution in [0.5, 0.6) is 0 Å². The standard InChI is InChI=1S/C25H18FNS3/c26-19-13-15-21(16-14-19)29-18-23(24-12-7-17-28-24)25(27-20-8-3-1-4-9-20)30-22-10-5-2-6-11-22/h1-18H/b23-18+,27-25?. The quantitative estimate of drug-likeness (QED) is 0.167. The van der Waals surface area contributed by atoms with E-state index in [1.807, 2.05) is 54.6 Å². The summed E-state index contributed by atoms with van der Waals surface area (Å²) < 4.78 is 13.3. The molecule has 0 atom stereocenters. The highest BCUT2D eigenvalue weighted by atomic mass is 32.2. The maximum absolute atomic E-state index is 13.3. The number of benzene rings is 3. The topological polar surface area (TPSA) is 12.4 Å². The predicted octanol–water partition coefficient (Wildman–Crippen LogP) is 8.54. The van der Waals surface area contributed by atoms with Gasteiger partial charge >= 0.3 is 0 Å². The van der Waals surface area contributed by atoms with E-state index in [0.29, 0.717) is 0 Å². The number of rotatable bonds is 6. The molecule has 0 aliphatic rings. The zero-order chi connectivity index (χ0) is 20.6. The van der Waals surface area contributed by atoms with E-state index in [2.05, 4.69) is 29.0 Å². The van der Waals surface area contributed by atoms with Gasteiger partial charge in [-0.3, -0.25) is 0 Å². The van der Waals surface area contributed by atoms with Crippen molar-refractivity contribution >= 4 is 51.2 Å². The minimum Gasteiger partial charge on any atom is -0.241 e. The van der Waals surface area contributed by atoms with Gasteiger partial charge in [-0.15, -0.1) is 11.3 Å². The van der Waals surface area contributed by atoms with Crippen molar-refractivity contribution in [2.45, 2.75) is 9.79 Å². The summed E-state index contributed by atoms with van der Waals surface area (Å²) in [7, 11) is 0. The van der Waals surface area contributed by atoms with E-state index >= 15 is 0 Å². The average molecular weight is 448 g/mol. The van der Waals surface area contributed by atoms with Crippen molar-refractivity contribution in [3.63, 3.8) is 0 Å². The van der Waals surface area contributed by atoms with Crippen LogP contribution in [0.1, 0.15) is 4.88 Å². The lowest BCUT2D eigenvalue weighted by atomic mass is 10.2. The van der Waals surface area contributed by atoms with Crippen LogP contribution in [0.25, 0.3) is 5.57 Å². The summed E-state index contributed by atoms with van der Waals surface area (Å²) in [6, 6.07) is 30.9. The van der Waals surface area contributed by atoms with Crippen LogP contribution in [0, 0.1) is 5.82 Å². The van der Waals surface area contributed by atoms with Crippen LogP contribution in [0.15, 0.2) is 123 Å². The van der Waals surface area contributed by atoms with E-state index in [1.165, 1.54) is 12.1 Å². The molecule has 0 radical (unpaired) electrons. The highest BCUT2D eigenvalue weighted by molar-refractivity contribution is 8.15. The van der Waals surface area contributed by atoms with Gasteiger partial charge in [-0.05, 0) is 65.4 Å². The Balaban J connectivity index is 1.75. The summed E-state index contributed by atoms with van der Waals surface area (Å²) in [5.74, 6) is -0.229. The zero-order valence-corrected chi connectivity index (χ0v) is 18.4. The Bertz CT molecular complexity index is 1120. The second-order valence-corrected chi connectivity index (χ2v) is 9.20. The van der Waals surface area contributed by atoms with Gasteiger partial charge in [-0.2, -0.15) is 0 Å².